The second-order valence-corrected chi connectivity index (χ2v) is 6.02. The predicted octanol–water partition coefficient (Wildman–Crippen LogP) is 2.44. The maximum atomic E-state index is 12.7. The molecule has 1 aliphatic rings. The van der Waals surface area contributed by atoms with Gasteiger partial charge in [0.1, 0.15) is 5.56 Å². The summed E-state index contributed by atoms with van der Waals surface area (Å²) in [7, 11) is 0. The fourth-order valence-corrected chi connectivity index (χ4v) is 3.05. The molecule has 2 aromatic rings. The van der Waals surface area contributed by atoms with E-state index in [9.17, 15) is 9.59 Å². The standard InChI is InChI=1S/C18H21NO5/c1-4-22-15-7-5-6-13-8-14(18(21)24-16(13)15)17(20)19-9-11(2)23-12(3)10-19/h5-8,11-12H,4,9-10H2,1-3H3/t11-,12+. The van der Waals surface area contributed by atoms with Gasteiger partial charge in [-0.1, -0.05) is 12.1 Å². The Morgan fingerprint density at radius 2 is 2.00 bits per heavy atom. The molecule has 1 aromatic carbocycles. The number of para-hydroxylation sites is 1. The van der Waals surface area contributed by atoms with Gasteiger partial charge in [0.2, 0.25) is 0 Å². The van der Waals surface area contributed by atoms with E-state index in [0.29, 0.717) is 36.4 Å². The second-order valence-electron chi connectivity index (χ2n) is 6.02. The Morgan fingerprint density at radius 1 is 1.29 bits per heavy atom. The number of carbonyl (C=O) groups excluding carboxylic acids is 1. The molecule has 128 valence electrons. The molecule has 6 nitrogen and oxygen atoms in total. The third-order valence-corrected chi connectivity index (χ3v) is 3.96. The van der Waals surface area contributed by atoms with Crippen LogP contribution < -0.4 is 10.4 Å². The molecule has 0 bridgehead atoms. The lowest BCUT2D eigenvalue weighted by molar-refractivity contribution is -0.0587. The van der Waals surface area contributed by atoms with Crippen molar-refractivity contribution >= 4 is 16.9 Å². The molecule has 6 heteroatoms. The Balaban J connectivity index is 1.99. The molecule has 24 heavy (non-hydrogen) atoms. The number of morpholine rings is 1. The van der Waals surface area contributed by atoms with Crippen molar-refractivity contribution < 1.29 is 18.7 Å². The number of amides is 1. The molecule has 1 aromatic heterocycles. The van der Waals surface area contributed by atoms with Gasteiger partial charge in [-0.05, 0) is 32.9 Å². The second kappa shape index (κ2) is 6.65. The van der Waals surface area contributed by atoms with E-state index < -0.39 is 5.63 Å². The molecule has 0 spiro atoms. The van der Waals surface area contributed by atoms with E-state index in [1.165, 1.54) is 0 Å². The Labute approximate surface area is 140 Å². The number of ether oxygens (including phenoxy) is 2. The third-order valence-electron chi connectivity index (χ3n) is 3.96. The van der Waals surface area contributed by atoms with Crippen LogP contribution in [0, 0.1) is 0 Å². The lowest BCUT2D eigenvalue weighted by atomic mass is 10.1. The van der Waals surface area contributed by atoms with Crippen LogP contribution in [0.15, 0.2) is 33.5 Å². The molecule has 3 rings (SSSR count). The van der Waals surface area contributed by atoms with E-state index in [1.807, 2.05) is 20.8 Å². The van der Waals surface area contributed by atoms with Gasteiger partial charge < -0.3 is 18.8 Å². The van der Waals surface area contributed by atoms with Gasteiger partial charge in [0.15, 0.2) is 11.3 Å². The predicted molar refractivity (Wildman–Crippen MR) is 89.6 cm³/mol. The number of fused-ring (bicyclic) bond motifs is 1. The number of hydrogen-bond acceptors (Lipinski definition) is 5. The minimum atomic E-state index is -0.647. The van der Waals surface area contributed by atoms with Crippen LogP contribution in [0.2, 0.25) is 0 Å². The van der Waals surface area contributed by atoms with Crippen molar-refractivity contribution in [3.05, 3.63) is 40.2 Å². The first kappa shape index (κ1) is 16.5. The summed E-state index contributed by atoms with van der Waals surface area (Å²) in [6.07, 6.45) is -0.121. The van der Waals surface area contributed by atoms with Crippen LogP contribution in [0.3, 0.4) is 0 Å². The van der Waals surface area contributed by atoms with E-state index in [4.69, 9.17) is 13.9 Å². The van der Waals surface area contributed by atoms with Crippen LogP contribution in [0.4, 0.5) is 0 Å². The summed E-state index contributed by atoms with van der Waals surface area (Å²) >= 11 is 0. The Hall–Kier alpha value is -2.34. The molecular formula is C18H21NO5. The topological polar surface area (TPSA) is 69.0 Å². The highest BCUT2D eigenvalue weighted by atomic mass is 16.5. The summed E-state index contributed by atoms with van der Waals surface area (Å²) in [6, 6.07) is 6.92. The normalized spacial score (nSPS) is 21.0. The third kappa shape index (κ3) is 3.14. The fraction of sp³-hybridized carbons (Fsp3) is 0.444. The molecule has 0 radical (unpaired) electrons. The van der Waals surface area contributed by atoms with E-state index in [2.05, 4.69) is 0 Å². The summed E-state index contributed by atoms with van der Waals surface area (Å²) in [5, 5.41) is 0.665. The van der Waals surface area contributed by atoms with Gasteiger partial charge in [0.05, 0.1) is 18.8 Å². The fourth-order valence-electron chi connectivity index (χ4n) is 3.05. The molecule has 1 aliphatic heterocycles. The minimum absolute atomic E-state index is 0.0393. The summed E-state index contributed by atoms with van der Waals surface area (Å²) in [4.78, 5) is 26.7. The number of benzene rings is 1. The molecule has 2 heterocycles. The van der Waals surface area contributed by atoms with Crippen LogP contribution in [0.1, 0.15) is 31.1 Å². The van der Waals surface area contributed by atoms with Gasteiger partial charge in [-0.2, -0.15) is 0 Å². The minimum Gasteiger partial charge on any atom is -0.490 e. The van der Waals surface area contributed by atoms with Crippen molar-refractivity contribution in [2.75, 3.05) is 19.7 Å². The average molecular weight is 331 g/mol. The molecule has 0 unspecified atom stereocenters. The van der Waals surface area contributed by atoms with Crippen molar-refractivity contribution in [1.82, 2.24) is 4.90 Å². The Bertz CT molecular complexity index is 803. The van der Waals surface area contributed by atoms with Gasteiger partial charge in [-0.15, -0.1) is 0 Å². The molecule has 1 amide bonds. The SMILES string of the molecule is CCOc1cccc2cc(C(=O)N3C[C@@H](C)O[C@@H](C)C3)c(=O)oc12. The lowest BCUT2D eigenvalue weighted by Gasteiger charge is -2.35. The zero-order chi connectivity index (χ0) is 17.3. The van der Waals surface area contributed by atoms with E-state index in [1.54, 1.807) is 29.2 Å². The molecule has 0 saturated carbocycles. The summed E-state index contributed by atoms with van der Waals surface area (Å²) in [6.45, 7) is 7.06. The van der Waals surface area contributed by atoms with E-state index in [-0.39, 0.29) is 23.7 Å². The smallest absolute Gasteiger partial charge is 0.349 e. The lowest BCUT2D eigenvalue weighted by Crippen LogP contribution is -2.49. The molecular weight excluding hydrogens is 310 g/mol. The highest BCUT2D eigenvalue weighted by Crippen LogP contribution is 2.25. The van der Waals surface area contributed by atoms with E-state index in [0.717, 1.165) is 0 Å². The van der Waals surface area contributed by atoms with Crippen molar-refractivity contribution in [2.24, 2.45) is 0 Å². The van der Waals surface area contributed by atoms with Crippen molar-refractivity contribution in [2.45, 2.75) is 33.0 Å². The van der Waals surface area contributed by atoms with Gasteiger partial charge in [-0.25, -0.2) is 4.79 Å². The quantitative estimate of drug-likeness (QED) is 0.808. The zero-order valence-corrected chi connectivity index (χ0v) is 14.1. The summed E-state index contributed by atoms with van der Waals surface area (Å²) in [5.74, 6) is 0.175. The van der Waals surface area contributed by atoms with Crippen LogP contribution in [-0.4, -0.2) is 42.7 Å². The average Bonchev–Trinajstić information content (AvgIpc) is 2.53. The molecule has 0 N–H and O–H groups in total. The van der Waals surface area contributed by atoms with Crippen molar-refractivity contribution in [3.63, 3.8) is 0 Å². The summed E-state index contributed by atoms with van der Waals surface area (Å²) < 4.78 is 16.5. The number of nitrogens with zero attached hydrogens (tertiary/aromatic N) is 1. The molecule has 2 atom stereocenters. The summed E-state index contributed by atoms with van der Waals surface area (Å²) in [5.41, 5.74) is -0.242. The first-order chi connectivity index (χ1) is 11.5. The molecule has 1 fully saturated rings. The first-order valence-electron chi connectivity index (χ1n) is 8.14. The maximum Gasteiger partial charge on any atom is 0.349 e. The van der Waals surface area contributed by atoms with E-state index >= 15 is 0 Å². The highest BCUT2D eigenvalue weighted by Gasteiger charge is 2.28. The molecule has 0 aliphatic carbocycles. The monoisotopic (exact) mass is 331 g/mol. The van der Waals surface area contributed by atoms with Crippen LogP contribution in [-0.2, 0) is 4.74 Å². The Morgan fingerprint density at radius 3 is 2.67 bits per heavy atom. The van der Waals surface area contributed by atoms with Crippen LogP contribution >= 0.6 is 0 Å². The van der Waals surface area contributed by atoms with Crippen molar-refractivity contribution in [1.29, 1.82) is 0 Å². The van der Waals surface area contributed by atoms with Gasteiger partial charge in [-0.3, -0.25) is 4.79 Å². The van der Waals surface area contributed by atoms with Gasteiger partial charge in [0.25, 0.3) is 5.91 Å². The van der Waals surface area contributed by atoms with Crippen molar-refractivity contribution in [3.8, 4) is 5.75 Å². The zero-order valence-electron chi connectivity index (χ0n) is 14.1. The van der Waals surface area contributed by atoms with Crippen LogP contribution in [0.25, 0.3) is 11.0 Å². The largest absolute Gasteiger partial charge is 0.490 e. The maximum absolute atomic E-state index is 12.7. The van der Waals surface area contributed by atoms with Gasteiger partial charge >= 0.3 is 5.63 Å². The highest BCUT2D eigenvalue weighted by molar-refractivity contribution is 5.97. The first-order valence-corrected chi connectivity index (χ1v) is 8.14. The van der Waals surface area contributed by atoms with Crippen LogP contribution in [0.5, 0.6) is 5.75 Å². The Kier molecular flexibility index (Phi) is 4.57. The number of rotatable bonds is 3. The van der Waals surface area contributed by atoms with Gasteiger partial charge in [0, 0.05) is 18.5 Å². The number of carbonyl (C=O) groups is 1. The molecule has 1 saturated heterocycles. The number of hydrogen-bond donors (Lipinski definition) is 0.